The molecule has 18 atom stereocenters. The van der Waals surface area contributed by atoms with Gasteiger partial charge in [-0.05, 0) is 45.2 Å². The molecule has 2 amide bonds. The Kier molecular flexibility index (Phi) is 37.6. The molecule has 0 radical (unpaired) electrons. The van der Waals surface area contributed by atoms with Crippen LogP contribution in [0.1, 0.15) is 222 Å². The van der Waals surface area contributed by atoms with Crippen molar-refractivity contribution >= 4 is 17.8 Å². The first kappa shape index (κ1) is 78.1. The molecular formula is C66H114N2O21. The van der Waals surface area contributed by atoms with E-state index in [9.17, 15) is 75.7 Å². The van der Waals surface area contributed by atoms with Gasteiger partial charge in [0, 0.05) is 18.4 Å². The predicted molar refractivity (Wildman–Crippen MR) is 331 cm³/mol. The van der Waals surface area contributed by atoms with E-state index in [1.807, 2.05) is 6.08 Å². The number of hydrogen-bond donors (Lipinski definition) is 14. The zero-order chi connectivity index (χ0) is 65.3. The third-order valence-electron chi connectivity index (χ3n) is 17.4. The Morgan fingerprint density at radius 2 is 1.15 bits per heavy atom. The maximum Gasteiger partial charge on any atom is 0.364 e. The molecule has 0 saturated carbocycles. The Balaban J connectivity index is 1.41. The second kappa shape index (κ2) is 42.8. The van der Waals surface area contributed by atoms with Gasteiger partial charge in [0.2, 0.25) is 5.91 Å². The van der Waals surface area contributed by atoms with Crippen molar-refractivity contribution in [3.8, 4) is 0 Å². The number of aliphatic carboxylic acids is 1. The summed E-state index contributed by atoms with van der Waals surface area (Å²) < 4.78 is 35.2. The van der Waals surface area contributed by atoms with Crippen LogP contribution in [0, 0.1) is 13.8 Å². The highest BCUT2D eigenvalue weighted by Gasteiger charge is 2.60. The predicted octanol–water partition coefficient (Wildman–Crippen LogP) is 5.08. The van der Waals surface area contributed by atoms with Crippen LogP contribution >= 0.6 is 0 Å². The molecule has 3 aliphatic heterocycles. The quantitative estimate of drug-likeness (QED) is 0.0299. The van der Waals surface area contributed by atoms with Crippen LogP contribution in [0.5, 0.6) is 0 Å². The summed E-state index contributed by atoms with van der Waals surface area (Å²) in [7, 11) is 0. The monoisotopic (exact) mass is 1270 g/mol. The number of rotatable bonds is 46. The fourth-order valence-electron chi connectivity index (χ4n) is 12.0. The smallest absolute Gasteiger partial charge is 0.364 e. The number of nitrogens with one attached hydrogen (secondary N) is 2. The third kappa shape index (κ3) is 26.2. The zero-order valence-corrected chi connectivity index (χ0v) is 53.6. The Labute approximate surface area is 527 Å². The van der Waals surface area contributed by atoms with Crippen molar-refractivity contribution in [1.82, 2.24) is 10.6 Å². The molecule has 0 spiro atoms. The van der Waals surface area contributed by atoms with Gasteiger partial charge in [-0.2, -0.15) is 0 Å². The number of aliphatic hydroxyl groups is 11. The molecule has 0 aromatic heterocycles. The van der Waals surface area contributed by atoms with E-state index < -0.39 is 155 Å². The van der Waals surface area contributed by atoms with Gasteiger partial charge < -0.3 is 100 Å². The van der Waals surface area contributed by atoms with E-state index in [1.165, 1.54) is 128 Å². The highest BCUT2D eigenvalue weighted by atomic mass is 16.8. The first-order valence-electron chi connectivity index (χ1n) is 33.5. The second-order valence-electron chi connectivity index (χ2n) is 25.1. The van der Waals surface area contributed by atoms with E-state index in [0.29, 0.717) is 24.0 Å². The van der Waals surface area contributed by atoms with Crippen LogP contribution in [0.4, 0.5) is 0 Å². The summed E-state index contributed by atoms with van der Waals surface area (Å²) in [6.45, 7) is 4.48. The molecule has 514 valence electrons. The van der Waals surface area contributed by atoms with Gasteiger partial charge in [-0.1, -0.05) is 197 Å². The Bertz CT molecular complexity index is 2120. The highest BCUT2D eigenvalue weighted by Crippen LogP contribution is 2.39. The van der Waals surface area contributed by atoms with E-state index in [0.717, 1.165) is 44.9 Å². The van der Waals surface area contributed by atoms with Gasteiger partial charge in [-0.15, -0.1) is 0 Å². The number of carbonyl (C=O) groups is 3. The minimum absolute atomic E-state index is 0.122. The molecule has 3 fully saturated rings. The van der Waals surface area contributed by atoms with Gasteiger partial charge in [0.1, 0.15) is 67.1 Å². The SMILES string of the molecule is CCCCCCCCCCCCC/C=C/[C@@H](O)[C@H](CO[C@@H]1O[C@H](CO)[C@@H](O[C@@H]2O[C@H](CO)[C@H](O)[C@H](O[C@]3(C(=O)O)C[C@H](O)[C@@H](NC(=O)c4cc(C)cc(C)c4)C([C@@H](O)[C@H](O)CO)O3)[C@H]2O)[C@H](O)[C@H]1O)NC(=O)CCCCCCCCCCCCCCCCC. The van der Waals surface area contributed by atoms with E-state index in [1.54, 1.807) is 26.0 Å². The standard InChI is InChI=1S/C66H114N2O21/c1-5-7-9-11-13-15-17-19-20-22-24-26-28-30-32-34-52(75)67-46(47(72)33-31-29-27-25-23-21-18-16-14-12-10-8-6-2)42-84-63-57(79)56(78)59(51(41-71)86-63)87-64-58(80)61(55(77)50(40-70)85-64)89-66(65(82)83)38-48(73)53(60(88-66)54(76)49(74)39-69)68-62(81)45-36-43(3)35-44(4)37-45/h31,33,35-37,46-51,53-61,63-64,69-74,76-80H,5-30,32,34,38-42H2,1-4H3,(H,67,75)(H,68,81)(H,82,83)/b33-31+/t46-,47+,48-,49+,50+,51+,53+,54-,55-,56+,57+,58+,59+,60?,61-,63+,64-,66-/m0/s1. The molecule has 3 saturated heterocycles. The summed E-state index contributed by atoms with van der Waals surface area (Å²) in [5.74, 6) is -6.23. The first-order valence-corrected chi connectivity index (χ1v) is 33.5. The Hall–Kier alpha value is -3.31. The average Bonchev–Trinajstić information content (AvgIpc) is 1.19. The lowest BCUT2D eigenvalue weighted by molar-refractivity contribution is -0.386. The van der Waals surface area contributed by atoms with Crippen LogP contribution < -0.4 is 10.6 Å². The summed E-state index contributed by atoms with van der Waals surface area (Å²) in [6, 6.07) is 2.15. The first-order chi connectivity index (χ1) is 42.7. The summed E-state index contributed by atoms with van der Waals surface area (Å²) >= 11 is 0. The fraction of sp³-hybridized carbons (Fsp3) is 0.833. The Morgan fingerprint density at radius 1 is 0.640 bits per heavy atom. The van der Waals surface area contributed by atoms with E-state index >= 15 is 0 Å². The molecule has 3 heterocycles. The minimum Gasteiger partial charge on any atom is -0.477 e. The largest absolute Gasteiger partial charge is 0.477 e. The number of carbonyl (C=O) groups excluding carboxylic acids is 2. The van der Waals surface area contributed by atoms with Crippen molar-refractivity contribution in [1.29, 1.82) is 0 Å². The summed E-state index contributed by atoms with van der Waals surface area (Å²) in [5, 5.41) is 138. The number of carboxylic acids is 1. The van der Waals surface area contributed by atoms with Gasteiger partial charge in [0.15, 0.2) is 12.6 Å². The highest BCUT2D eigenvalue weighted by molar-refractivity contribution is 5.95. The van der Waals surface area contributed by atoms with Crippen LogP contribution in [-0.4, -0.2) is 215 Å². The topological polar surface area (TPSA) is 373 Å². The molecule has 0 bridgehead atoms. The molecule has 1 aromatic rings. The molecule has 4 rings (SSSR count). The van der Waals surface area contributed by atoms with Gasteiger partial charge >= 0.3 is 5.97 Å². The number of aliphatic hydroxyl groups excluding tert-OH is 11. The molecular weight excluding hydrogens is 1160 g/mol. The fourth-order valence-corrected chi connectivity index (χ4v) is 12.0. The molecule has 14 N–H and O–H groups in total. The van der Waals surface area contributed by atoms with Crippen LogP contribution in [0.2, 0.25) is 0 Å². The lowest BCUT2D eigenvalue weighted by Gasteiger charge is -2.50. The zero-order valence-electron chi connectivity index (χ0n) is 53.6. The number of allylic oxidation sites excluding steroid dienone is 1. The Morgan fingerprint density at radius 3 is 1.65 bits per heavy atom. The van der Waals surface area contributed by atoms with Crippen LogP contribution in [0.3, 0.4) is 0 Å². The molecule has 1 unspecified atom stereocenters. The van der Waals surface area contributed by atoms with Crippen molar-refractivity contribution in [2.75, 3.05) is 26.4 Å². The summed E-state index contributed by atoms with van der Waals surface area (Å²) in [6.07, 6.45) is 5.08. The molecule has 23 heteroatoms. The lowest BCUT2D eigenvalue weighted by atomic mass is 9.87. The number of unbranched alkanes of at least 4 members (excludes halogenated alkanes) is 25. The number of hydrogen-bond acceptors (Lipinski definition) is 20. The lowest BCUT2D eigenvalue weighted by Crippen LogP contribution is -2.71. The number of carboxylic acid groups (broad SMARTS) is 1. The number of ether oxygens (including phenoxy) is 6. The number of benzene rings is 1. The normalized spacial score (nSPS) is 28.8. The third-order valence-corrected chi connectivity index (χ3v) is 17.4. The van der Waals surface area contributed by atoms with E-state index in [4.69, 9.17) is 28.4 Å². The van der Waals surface area contributed by atoms with Crippen LogP contribution in [-0.2, 0) is 38.0 Å². The molecule has 23 nitrogen and oxygen atoms in total. The maximum atomic E-state index is 13.5. The van der Waals surface area contributed by atoms with Gasteiger partial charge in [-0.3, -0.25) is 9.59 Å². The van der Waals surface area contributed by atoms with Crippen molar-refractivity contribution in [3.05, 3.63) is 47.0 Å². The van der Waals surface area contributed by atoms with Gasteiger partial charge in [-0.25, -0.2) is 4.79 Å². The summed E-state index contributed by atoms with van der Waals surface area (Å²) in [4.78, 5) is 40.2. The van der Waals surface area contributed by atoms with Gasteiger partial charge in [0.05, 0.1) is 50.7 Å². The van der Waals surface area contributed by atoms with Crippen molar-refractivity contribution < 1.29 is 104 Å². The van der Waals surface area contributed by atoms with Crippen molar-refractivity contribution in [3.63, 3.8) is 0 Å². The molecule has 3 aliphatic rings. The average molecular weight is 1270 g/mol. The van der Waals surface area contributed by atoms with Gasteiger partial charge in [0.25, 0.3) is 11.7 Å². The summed E-state index contributed by atoms with van der Waals surface area (Å²) in [5.41, 5.74) is 1.53. The van der Waals surface area contributed by atoms with Crippen molar-refractivity contribution in [2.24, 2.45) is 0 Å². The number of amides is 2. The maximum absolute atomic E-state index is 13.5. The second-order valence-corrected chi connectivity index (χ2v) is 25.1. The van der Waals surface area contributed by atoms with Crippen molar-refractivity contribution in [2.45, 2.75) is 324 Å². The minimum atomic E-state index is -3.13. The van der Waals surface area contributed by atoms with Crippen LogP contribution in [0.15, 0.2) is 30.4 Å². The van der Waals surface area contributed by atoms with Crippen LogP contribution in [0.25, 0.3) is 0 Å². The molecule has 0 aliphatic carbocycles. The molecule has 1 aromatic carbocycles. The van der Waals surface area contributed by atoms with E-state index in [2.05, 4.69) is 24.5 Å². The van der Waals surface area contributed by atoms with E-state index in [-0.39, 0.29) is 17.9 Å². The molecule has 89 heavy (non-hydrogen) atoms. The number of aryl methyl sites for hydroxylation is 2.